The van der Waals surface area contributed by atoms with E-state index in [0.29, 0.717) is 0 Å². The van der Waals surface area contributed by atoms with Crippen molar-refractivity contribution >= 4 is 5.97 Å². The molecule has 0 amide bonds. The van der Waals surface area contributed by atoms with Gasteiger partial charge in [0.2, 0.25) is 0 Å². The van der Waals surface area contributed by atoms with Crippen molar-refractivity contribution in [3.8, 4) is 0 Å². The van der Waals surface area contributed by atoms with E-state index in [9.17, 15) is 4.79 Å². The Labute approximate surface area is 177 Å². The molecule has 0 aromatic rings. The van der Waals surface area contributed by atoms with Gasteiger partial charge in [0.1, 0.15) is 0 Å². The molecule has 3 heteroatoms. The largest absolute Gasteiger partial charge is 1.00 e. The number of allylic oxidation sites excluding steroid dienone is 11. The van der Waals surface area contributed by atoms with Crippen LogP contribution in [0.2, 0.25) is 0 Å². The average molecular weight is 352 g/mol. The Morgan fingerprint density at radius 3 is 1.68 bits per heavy atom. The third-order valence-electron chi connectivity index (χ3n) is 3.35. The summed E-state index contributed by atoms with van der Waals surface area (Å²) in [6.45, 7) is 2.25. The van der Waals surface area contributed by atoms with E-state index >= 15 is 0 Å². The summed E-state index contributed by atoms with van der Waals surface area (Å²) < 4.78 is 0. The molecule has 0 radical (unpaired) electrons. The minimum absolute atomic E-state index is 0. The summed E-state index contributed by atoms with van der Waals surface area (Å²) in [5.74, 6) is -0.936. The Morgan fingerprint density at radius 2 is 1.16 bits per heavy atom. The van der Waals surface area contributed by atoms with Gasteiger partial charge in [-0.25, -0.2) is 4.79 Å². The van der Waals surface area contributed by atoms with Gasteiger partial charge in [0.25, 0.3) is 0 Å². The van der Waals surface area contributed by atoms with E-state index in [2.05, 4.69) is 19.1 Å². The molecule has 0 spiro atoms. The molecule has 0 saturated heterocycles. The maximum absolute atomic E-state index is 10.2. The van der Waals surface area contributed by atoms with Crippen molar-refractivity contribution in [1.82, 2.24) is 0 Å². The topological polar surface area (TPSA) is 37.3 Å². The van der Waals surface area contributed by atoms with E-state index < -0.39 is 5.97 Å². The van der Waals surface area contributed by atoms with Gasteiger partial charge in [-0.1, -0.05) is 112 Å². The molecule has 2 nitrogen and oxygen atoms in total. The zero-order valence-electron chi connectivity index (χ0n) is 16.9. The fourth-order valence-corrected chi connectivity index (χ4v) is 2.05. The van der Waals surface area contributed by atoms with Gasteiger partial charge in [-0.05, 0) is 12.8 Å². The van der Waals surface area contributed by atoms with Gasteiger partial charge in [-0.2, -0.15) is 0 Å². The summed E-state index contributed by atoms with van der Waals surface area (Å²) >= 11 is 0. The van der Waals surface area contributed by atoms with Crippen molar-refractivity contribution in [2.75, 3.05) is 0 Å². The van der Waals surface area contributed by atoms with Gasteiger partial charge in [-0.15, -0.1) is 0 Å². The van der Waals surface area contributed by atoms with Crippen molar-refractivity contribution in [2.24, 2.45) is 0 Å². The maximum atomic E-state index is 10.2. The number of carboxylic acids is 1. The Morgan fingerprint density at radius 1 is 0.720 bits per heavy atom. The van der Waals surface area contributed by atoms with Crippen LogP contribution in [0.25, 0.3) is 0 Å². The van der Waals surface area contributed by atoms with Crippen LogP contribution in [0.5, 0.6) is 0 Å². The molecule has 0 aromatic carbocycles. The summed E-state index contributed by atoms with van der Waals surface area (Å²) in [6, 6.07) is 0. The normalized spacial score (nSPS) is 12.5. The van der Waals surface area contributed by atoms with E-state index in [1.165, 1.54) is 51.0 Å². The molecule has 1 N–H and O–H groups in total. The minimum Gasteiger partial charge on any atom is -1.00 e. The van der Waals surface area contributed by atoms with Gasteiger partial charge < -0.3 is 6.53 Å². The molecule has 0 heterocycles. The van der Waals surface area contributed by atoms with Gasteiger partial charge >= 0.3 is 35.5 Å². The first-order valence-corrected chi connectivity index (χ1v) is 9.00. The number of hydrogen-bond acceptors (Lipinski definition) is 1. The van der Waals surface area contributed by atoms with Crippen LogP contribution >= 0.6 is 0 Å². The van der Waals surface area contributed by atoms with Crippen molar-refractivity contribution < 1.29 is 40.9 Å². The quantitative estimate of drug-likeness (QED) is 0.224. The van der Waals surface area contributed by atoms with Crippen LogP contribution in [0.15, 0.2) is 72.9 Å². The van der Waals surface area contributed by atoms with Crippen molar-refractivity contribution in [3.05, 3.63) is 72.9 Å². The smallest absolute Gasteiger partial charge is 1.00 e. The van der Waals surface area contributed by atoms with Crippen molar-refractivity contribution in [3.63, 3.8) is 0 Å². The molecule has 0 rings (SSSR count). The van der Waals surface area contributed by atoms with Gasteiger partial charge in [0.05, 0.1) is 0 Å². The molecule has 134 valence electrons. The van der Waals surface area contributed by atoms with Crippen molar-refractivity contribution in [2.45, 2.75) is 58.3 Å². The Balaban J connectivity index is -0.00000264. The molecule has 0 unspecified atom stereocenters. The fourth-order valence-electron chi connectivity index (χ4n) is 2.05. The number of rotatable bonds is 14. The van der Waals surface area contributed by atoms with Crippen LogP contribution in [0.3, 0.4) is 0 Å². The predicted molar refractivity (Wildman–Crippen MR) is 106 cm³/mol. The van der Waals surface area contributed by atoms with Crippen LogP contribution < -0.4 is 29.6 Å². The van der Waals surface area contributed by atoms with Crippen LogP contribution in [-0.2, 0) is 4.79 Å². The third-order valence-corrected chi connectivity index (χ3v) is 3.35. The van der Waals surface area contributed by atoms with Crippen LogP contribution in [0.1, 0.15) is 59.7 Å². The Kier molecular flexibility index (Phi) is 24.0. The number of unbranched alkanes of at least 4 members (excludes halogenated alkanes) is 7. The van der Waals surface area contributed by atoms with Crippen LogP contribution in [0, 0.1) is 0 Å². The van der Waals surface area contributed by atoms with E-state index in [-0.39, 0.29) is 31.0 Å². The average Bonchev–Trinajstić information content (AvgIpc) is 2.56. The third kappa shape index (κ3) is 25.3. The number of carboxylic acid groups (broad SMARTS) is 1. The molecule has 0 aliphatic carbocycles. The second kappa shape index (κ2) is 22.9. The second-order valence-electron chi connectivity index (χ2n) is 5.58. The molecule has 25 heavy (non-hydrogen) atoms. The molecule has 0 atom stereocenters. The summed E-state index contributed by atoms with van der Waals surface area (Å²) in [7, 11) is 0. The number of carbonyl (C=O) groups is 1. The molecular weight excluding hydrogens is 319 g/mol. The van der Waals surface area contributed by atoms with E-state index in [1.54, 1.807) is 12.2 Å². The summed E-state index contributed by atoms with van der Waals surface area (Å²) in [5.41, 5.74) is 0. The number of hydrogen-bond donors (Lipinski definition) is 1. The van der Waals surface area contributed by atoms with Crippen LogP contribution in [-0.4, -0.2) is 11.1 Å². The first-order valence-electron chi connectivity index (χ1n) is 9.00. The Hall–Kier alpha value is -1.09. The zero-order chi connectivity index (χ0) is 17.7. The first kappa shape index (κ1) is 26.1. The SMILES string of the molecule is CCCCCCCCCC=CC=CC=CC=CC=CC=CC(=O)O.[H-].[Na+]. The molecule has 0 saturated carbocycles. The molecule has 0 fully saturated rings. The summed E-state index contributed by atoms with van der Waals surface area (Å²) in [4.78, 5) is 10.2. The van der Waals surface area contributed by atoms with Gasteiger partial charge in [0, 0.05) is 6.08 Å². The standard InChI is InChI=1S/C22H32O2.Na.H/c1-2-3-4-5-6-7-8-9-10-11-12-13-14-15-16-17-18-19-20-21-22(23)24;;/h10-21H,2-9H2,1H3,(H,23,24);;/q;+1;-1. The van der Waals surface area contributed by atoms with Crippen molar-refractivity contribution in [1.29, 1.82) is 0 Å². The zero-order valence-corrected chi connectivity index (χ0v) is 17.9. The summed E-state index contributed by atoms with van der Waals surface area (Å²) in [6.07, 6.45) is 32.7. The predicted octanol–water partition coefficient (Wildman–Crippen LogP) is 3.67. The molecular formula is C22H33NaO2. The van der Waals surface area contributed by atoms with E-state index in [4.69, 9.17) is 5.11 Å². The first-order chi connectivity index (χ1) is 11.8. The van der Waals surface area contributed by atoms with Gasteiger partial charge in [-0.3, -0.25) is 0 Å². The maximum Gasteiger partial charge on any atom is 1.00 e. The van der Waals surface area contributed by atoms with Gasteiger partial charge in [0.15, 0.2) is 0 Å². The molecule has 0 bridgehead atoms. The number of aliphatic carboxylic acids is 1. The fraction of sp³-hybridized carbons (Fsp3) is 0.409. The summed E-state index contributed by atoms with van der Waals surface area (Å²) in [5, 5.41) is 8.39. The monoisotopic (exact) mass is 352 g/mol. The molecule has 0 aromatic heterocycles. The van der Waals surface area contributed by atoms with E-state index in [1.807, 2.05) is 36.5 Å². The molecule has 0 aliphatic heterocycles. The minimum atomic E-state index is -0.936. The van der Waals surface area contributed by atoms with E-state index in [0.717, 1.165) is 12.5 Å². The molecule has 0 aliphatic rings. The second-order valence-corrected chi connectivity index (χ2v) is 5.58. The van der Waals surface area contributed by atoms with Crippen LogP contribution in [0.4, 0.5) is 0 Å². The Bertz CT molecular complexity index is 475.